The fraction of sp³-hybridized carbons (Fsp3) is 0.333. The van der Waals surface area contributed by atoms with Gasteiger partial charge < -0.3 is 9.80 Å². The van der Waals surface area contributed by atoms with E-state index in [1.807, 2.05) is 36.9 Å². The second-order valence-electron chi connectivity index (χ2n) is 7.52. The Bertz CT molecular complexity index is 1120. The van der Waals surface area contributed by atoms with Crippen LogP contribution in [0.15, 0.2) is 47.6 Å². The van der Waals surface area contributed by atoms with Gasteiger partial charge in [-0.15, -0.1) is 5.10 Å². The molecule has 32 heavy (non-hydrogen) atoms. The zero-order valence-electron chi connectivity index (χ0n) is 17.8. The van der Waals surface area contributed by atoms with Crippen molar-refractivity contribution in [3.8, 4) is 5.69 Å². The molecule has 3 aromatic rings. The van der Waals surface area contributed by atoms with Gasteiger partial charge >= 0.3 is 0 Å². The van der Waals surface area contributed by atoms with Crippen molar-refractivity contribution in [1.82, 2.24) is 25.1 Å². The standard InChI is InChI=1S/C21H23N7O3S/c1-15-4-3-5-19(16(15)2)27-21(22-23-24-27)32-14-20(29)26-12-10-25(11-13-26)17-6-8-18(9-7-17)28(30)31/h3-9H,10-14H2,1-2H3. The van der Waals surface area contributed by atoms with Gasteiger partial charge in [-0.1, -0.05) is 23.9 Å². The summed E-state index contributed by atoms with van der Waals surface area (Å²) in [5.74, 6) is 0.289. The number of aromatic nitrogens is 4. The van der Waals surface area contributed by atoms with Gasteiger partial charge in [-0.05, 0) is 53.6 Å². The van der Waals surface area contributed by atoms with Crippen LogP contribution in [-0.4, -0.2) is 67.9 Å². The molecule has 0 atom stereocenters. The van der Waals surface area contributed by atoms with Crippen LogP contribution in [0.4, 0.5) is 11.4 Å². The number of piperazine rings is 1. The Kier molecular flexibility index (Phi) is 6.35. The molecule has 1 saturated heterocycles. The first-order valence-corrected chi connectivity index (χ1v) is 11.2. The third kappa shape index (κ3) is 4.57. The van der Waals surface area contributed by atoms with E-state index < -0.39 is 4.92 Å². The number of nitrogens with zero attached hydrogens (tertiary/aromatic N) is 7. The van der Waals surface area contributed by atoms with Crippen LogP contribution in [0.5, 0.6) is 0 Å². The van der Waals surface area contributed by atoms with Gasteiger partial charge in [-0.2, -0.15) is 4.68 Å². The molecule has 2 aromatic carbocycles. The van der Waals surface area contributed by atoms with E-state index in [1.165, 1.54) is 23.9 Å². The topological polar surface area (TPSA) is 110 Å². The molecule has 0 spiro atoms. The first kappa shape index (κ1) is 21.8. The summed E-state index contributed by atoms with van der Waals surface area (Å²) in [6.45, 7) is 6.60. The number of benzene rings is 2. The molecule has 1 aliphatic rings. The van der Waals surface area contributed by atoms with Crippen LogP contribution in [-0.2, 0) is 4.79 Å². The maximum absolute atomic E-state index is 12.8. The van der Waals surface area contributed by atoms with E-state index in [0.29, 0.717) is 31.3 Å². The molecule has 0 unspecified atom stereocenters. The first-order chi connectivity index (χ1) is 15.4. The Morgan fingerprint density at radius 1 is 1.09 bits per heavy atom. The summed E-state index contributed by atoms with van der Waals surface area (Å²) in [5, 5.41) is 23.4. The van der Waals surface area contributed by atoms with Crippen molar-refractivity contribution in [3.05, 3.63) is 63.7 Å². The summed E-state index contributed by atoms with van der Waals surface area (Å²) in [6, 6.07) is 12.5. The number of hydrogen-bond donors (Lipinski definition) is 0. The lowest BCUT2D eigenvalue weighted by atomic mass is 10.1. The van der Waals surface area contributed by atoms with Gasteiger partial charge in [0.1, 0.15) is 0 Å². The zero-order valence-corrected chi connectivity index (χ0v) is 18.7. The van der Waals surface area contributed by atoms with Gasteiger partial charge in [0.05, 0.1) is 16.4 Å². The van der Waals surface area contributed by atoms with E-state index in [1.54, 1.807) is 16.8 Å². The Balaban J connectivity index is 1.33. The van der Waals surface area contributed by atoms with E-state index in [4.69, 9.17) is 0 Å². The molecule has 0 N–H and O–H groups in total. The third-order valence-corrected chi connectivity index (χ3v) is 6.53. The Morgan fingerprint density at radius 2 is 1.81 bits per heavy atom. The van der Waals surface area contributed by atoms with Crippen molar-refractivity contribution in [2.75, 3.05) is 36.8 Å². The number of amides is 1. The molecule has 0 aliphatic carbocycles. The molecule has 0 bridgehead atoms. The summed E-state index contributed by atoms with van der Waals surface area (Å²) >= 11 is 1.32. The van der Waals surface area contributed by atoms with Crippen LogP contribution >= 0.6 is 11.8 Å². The van der Waals surface area contributed by atoms with Gasteiger partial charge in [0.15, 0.2) is 0 Å². The van der Waals surface area contributed by atoms with Crippen LogP contribution in [0, 0.1) is 24.0 Å². The van der Waals surface area contributed by atoms with Gasteiger partial charge in [0.2, 0.25) is 11.1 Å². The van der Waals surface area contributed by atoms with E-state index in [-0.39, 0.29) is 17.3 Å². The smallest absolute Gasteiger partial charge is 0.269 e. The third-order valence-electron chi connectivity index (χ3n) is 5.63. The number of rotatable bonds is 6. The van der Waals surface area contributed by atoms with Gasteiger partial charge in [-0.3, -0.25) is 14.9 Å². The number of carbonyl (C=O) groups is 1. The van der Waals surface area contributed by atoms with Gasteiger partial charge in [0.25, 0.3) is 5.69 Å². The Labute approximate surface area is 189 Å². The number of nitro groups is 1. The molecule has 2 heterocycles. The quantitative estimate of drug-likeness (QED) is 0.318. The van der Waals surface area contributed by atoms with Crippen LogP contribution in [0.3, 0.4) is 0 Å². The summed E-state index contributed by atoms with van der Waals surface area (Å²) in [4.78, 5) is 27.1. The second-order valence-corrected chi connectivity index (χ2v) is 8.46. The normalized spacial score (nSPS) is 13.9. The fourth-order valence-corrected chi connectivity index (χ4v) is 4.39. The predicted octanol–water partition coefficient (Wildman–Crippen LogP) is 2.63. The monoisotopic (exact) mass is 453 g/mol. The summed E-state index contributed by atoms with van der Waals surface area (Å²) in [5.41, 5.74) is 4.14. The minimum Gasteiger partial charge on any atom is -0.368 e. The van der Waals surface area contributed by atoms with Crippen molar-refractivity contribution >= 4 is 29.0 Å². The number of non-ortho nitro benzene ring substituents is 1. The Morgan fingerprint density at radius 3 is 2.50 bits per heavy atom. The number of hydrogen-bond acceptors (Lipinski definition) is 8. The number of tetrazole rings is 1. The summed E-state index contributed by atoms with van der Waals surface area (Å²) < 4.78 is 1.67. The van der Waals surface area contributed by atoms with Crippen molar-refractivity contribution in [3.63, 3.8) is 0 Å². The zero-order chi connectivity index (χ0) is 22.7. The average Bonchev–Trinajstić information content (AvgIpc) is 3.28. The molecule has 4 rings (SSSR count). The molecule has 10 nitrogen and oxygen atoms in total. The predicted molar refractivity (Wildman–Crippen MR) is 121 cm³/mol. The number of anilines is 1. The molecule has 0 saturated carbocycles. The lowest BCUT2D eigenvalue weighted by molar-refractivity contribution is -0.384. The second kappa shape index (κ2) is 9.35. The lowest BCUT2D eigenvalue weighted by Crippen LogP contribution is -2.49. The van der Waals surface area contributed by atoms with E-state index in [2.05, 4.69) is 20.4 Å². The number of nitro benzene ring substituents is 1. The highest BCUT2D eigenvalue weighted by Gasteiger charge is 2.23. The largest absolute Gasteiger partial charge is 0.368 e. The highest BCUT2D eigenvalue weighted by Crippen LogP contribution is 2.24. The van der Waals surface area contributed by atoms with Crippen molar-refractivity contribution < 1.29 is 9.72 Å². The molecule has 166 valence electrons. The van der Waals surface area contributed by atoms with E-state index in [0.717, 1.165) is 22.5 Å². The first-order valence-electron chi connectivity index (χ1n) is 10.2. The minimum absolute atomic E-state index is 0.0360. The molecule has 1 aliphatic heterocycles. The van der Waals surface area contributed by atoms with Crippen molar-refractivity contribution in [1.29, 1.82) is 0 Å². The molecule has 1 fully saturated rings. The maximum Gasteiger partial charge on any atom is 0.269 e. The molecule has 1 aromatic heterocycles. The average molecular weight is 454 g/mol. The van der Waals surface area contributed by atoms with E-state index in [9.17, 15) is 14.9 Å². The number of aryl methyl sites for hydroxylation is 1. The van der Waals surface area contributed by atoms with E-state index >= 15 is 0 Å². The van der Waals surface area contributed by atoms with Gasteiger partial charge in [0, 0.05) is 44.0 Å². The fourth-order valence-electron chi connectivity index (χ4n) is 3.60. The SMILES string of the molecule is Cc1cccc(-n2nnnc2SCC(=O)N2CCN(c3ccc([N+](=O)[O-])cc3)CC2)c1C. The summed E-state index contributed by atoms with van der Waals surface area (Å²) in [6.07, 6.45) is 0. The maximum atomic E-state index is 12.8. The summed E-state index contributed by atoms with van der Waals surface area (Å²) in [7, 11) is 0. The molecule has 11 heteroatoms. The number of carbonyl (C=O) groups excluding carboxylic acids is 1. The Hall–Kier alpha value is -3.47. The molecular formula is C21H23N7O3S. The van der Waals surface area contributed by atoms with Crippen LogP contribution in [0.2, 0.25) is 0 Å². The van der Waals surface area contributed by atoms with Crippen LogP contribution in [0.1, 0.15) is 11.1 Å². The highest BCUT2D eigenvalue weighted by atomic mass is 32.2. The molecule has 0 radical (unpaired) electrons. The lowest BCUT2D eigenvalue weighted by Gasteiger charge is -2.36. The van der Waals surface area contributed by atoms with Gasteiger partial charge in [-0.25, -0.2) is 0 Å². The van der Waals surface area contributed by atoms with Crippen molar-refractivity contribution in [2.45, 2.75) is 19.0 Å². The van der Waals surface area contributed by atoms with Crippen molar-refractivity contribution in [2.24, 2.45) is 0 Å². The number of thioether (sulfide) groups is 1. The van der Waals surface area contributed by atoms with Crippen LogP contribution < -0.4 is 4.90 Å². The minimum atomic E-state index is -0.408. The molecule has 1 amide bonds. The van der Waals surface area contributed by atoms with Crippen LogP contribution in [0.25, 0.3) is 5.69 Å². The highest BCUT2D eigenvalue weighted by molar-refractivity contribution is 7.99. The molecular weight excluding hydrogens is 430 g/mol.